The molecule has 0 nitrogen and oxygen atoms in total. The molecule has 0 fully saturated rings. The minimum absolute atomic E-state index is 1.05. The molecule has 0 atom stereocenters. The number of rotatable bonds is 0. The molecule has 148 valence electrons. The summed E-state index contributed by atoms with van der Waals surface area (Å²) in [6, 6.07) is 36.2. The Labute approximate surface area is 193 Å². The molecule has 0 unspecified atom stereocenters. The molecule has 0 N–H and O–H groups in total. The summed E-state index contributed by atoms with van der Waals surface area (Å²) >= 11 is -1.96. The average Bonchev–Trinajstić information content (AvgIpc) is 3.32. The zero-order chi connectivity index (χ0) is 20.9. The van der Waals surface area contributed by atoms with Gasteiger partial charge < -0.3 is 0 Å². The van der Waals surface area contributed by atoms with E-state index in [1.165, 1.54) is 44.5 Å². The van der Waals surface area contributed by atoms with Gasteiger partial charge in [0.25, 0.3) is 0 Å². The summed E-state index contributed by atoms with van der Waals surface area (Å²) < 4.78 is 3.38. The van der Waals surface area contributed by atoms with Crippen molar-refractivity contribution in [3.8, 4) is 22.3 Å². The third kappa shape index (κ3) is 4.91. The van der Waals surface area contributed by atoms with Crippen molar-refractivity contribution in [1.82, 2.24) is 0 Å². The molecule has 6 rings (SSSR count). The standard InChI is InChI=1S/2C13H9.CH2.2ClH.Hf/c2*1-3-7-12-10(5-1)9-11-6-2-4-8-13(11)12;;;;/h2*1-5,7-8H,9H2;1H2;2*1H;/q2*-1;;;;+2/p-2. The summed E-state index contributed by atoms with van der Waals surface area (Å²) in [7, 11) is 10.3. The minimum atomic E-state index is -1.96. The first-order valence-corrected chi connectivity index (χ1v) is 21.2. The molecule has 0 amide bonds. The number of hydrogen-bond acceptors (Lipinski definition) is 0. The van der Waals surface area contributed by atoms with E-state index in [4.69, 9.17) is 17.2 Å². The minimum Gasteiger partial charge on any atom is -0.179 e. The Balaban J connectivity index is 0.000000124. The fourth-order valence-corrected chi connectivity index (χ4v) is 4.00. The van der Waals surface area contributed by atoms with E-state index in [2.05, 4.69) is 89.2 Å². The Morgan fingerprint density at radius 3 is 1.40 bits per heavy atom. The van der Waals surface area contributed by atoms with Gasteiger partial charge in [0.1, 0.15) is 0 Å². The van der Waals surface area contributed by atoms with Crippen LogP contribution in [-0.4, -0.2) is 4.26 Å². The van der Waals surface area contributed by atoms with Crippen molar-refractivity contribution in [3.05, 3.63) is 119 Å². The van der Waals surface area contributed by atoms with Crippen molar-refractivity contribution in [2.75, 3.05) is 0 Å². The van der Waals surface area contributed by atoms with Crippen molar-refractivity contribution in [2.24, 2.45) is 0 Å². The smallest absolute Gasteiger partial charge is 0.0253 e. The second-order valence-electron chi connectivity index (χ2n) is 7.13. The van der Waals surface area contributed by atoms with Crippen LogP contribution in [0.4, 0.5) is 0 Å². The third-order valence-electron chi connectivity index (χ3n) is 5.23. The van der Waals surface area contributed by atoms with Gasteiger partial charge in [-0.25, -0.2) is 0 Å². The molecule has 4 aromatic rings. The molecule has 0 aliphatic heterocycles. The van der Waals surface area contributed by atoms with Crippen LogP contribution in [-0.2, 0) is 31.4 Å². The Bertz CT molecular complexity index is 1020. The van der Waals surface area contributed by atoms with Gasteiger partial charge in [-0.15, -0.1) is 11.1 Å². The zero-order valence-electron chi connectivity index (χ0n) is 16.5. The molecule has 4 aromatic carbocycles. The van der Waals surface area contributed by atoms with Crippen LogP contribution in [0.5, 0.6) is 0 Å². The Kier molecular flexibility index (Phi) is 7.15. The fraction of sp³-hybridized carbons (Fsp3) is 0.0741. The van der Waals surface area contributed by atoms with Crippen LogP contribution in [0.2, 0.25) is 0 Å². The summed E-state index contributed by atoms with van der Waals surface area (Å²) in [5.41, 5.74) is 11.0. The van der Waals surface area contributed by atoms with E-state index < -0.39 is 18.6 Å². The summed E-state index contributed by atoms with van der Waals surface area (Å²) in [5.74, 6) is 0. The molecule has 30 heavy (non-hydrogen) atoms. The topological polar surface area (TPSA) is 0 Å². The van der Waals surface area contributed by atoms with E-state index in [0.717, 1.165) is 12.8 Å². The Hall–Kier alpha value is -1.80. The summed E-state index contributed by atoms with van der Waals surface area (Å²) in [6.07, 6.45) is 2.10. The first kappa shape index (κ1) is 21.4. The zero-order valence-corrected chi connectivity index (χ0v) is 21.6. The van der Waals surface area contributed by atoms with Crippen molar-refractivity contribution in [3.63, 3.8) is 0 Å². The molecular formula is C27H20Cl2Hf-2. The van der Waals surface area contributed by atoms with Crippen molar-refractivity contribution in [2.45, 2.75) is 12.8 Å². The largest absolute Gasteiger partial charge is 0.179 e. The van der Waals surface area contributed by atoms with Gasteiger partial charge in [-0.1, -0.05) is 70.8 Å². The second kappa shape index (κ2) is 10.0. The number of hydrogen-bond donors (Lipinski definition) is 0. The van der Waals surface area contributed by atoms with Crippen molar-refractivity contribution >= 4 is 21.4 Å². The van der Waals surface area contributed by atoms with Crippen molar-refractivity contribution in [1.29, 1.82) is 0 Å². The van der Waals surface area contributed by atoms with E-state index in [-0.39, 0.29) is 0 Å². The predicted octanol–water partition coefficient (Wildman–Crippen LogP) is 7.46. The fourth-order valence-electron chi connectivity index (χ4n) is 4.00. The van der Waals surface area contributed by atoms with Crippen LogP contribution < -0.4 is 0 Å². The van der Waals surface area contributed by atoms with Gasteiger partial charge in [-0.05, 0) is 12.8 Å². The molecule has 0 saturated heterocycles. The average molecular weight is 594 g/mol. The van der Waals surface area contributed by atoms with E-state index in [9.17, 15) is 0 Å². The molecule has 0 aromatic heterocycles. The summed E-state index contributed by atoms with van der Waals surface area (Å²) in [4.78, 5) is 0. The predicted molar refractivity (Wildman–Crippen MR) is 126 cm³/mol. The Morgan fingerprint density at radius 1 is 0.600 bits per heavy atom. The normalized spacial score (nSPS) is 11.5. The van der Waals surface area contributed by atoms with Gasteiger partial charge in [0.05, 0.1) is 0 Å². The van der Waals surface area contributed by atoms with E-state index in [0.29, 0.717) is 0 Å². The van der Waals surface area contributed by atoms with Gasteiger partial charge in [-0.2, -0.15) is 59.7 Å². The number of halogens is 2. The SMILES string of the molecule is [CH2]=[Hf]([Cl])[Cl].[c-]1cccc2c1Cc1ccccc1-2.[c-]1cccc2c1Cc1ccccc1-2. The maximum atomic E-state index is 5.14. The summed E-state index contributed by atoms with van der Waals surface area (Å²) in [5, 5.41) is 0. The number of fused-ring (bicyclic) bond motifs is 6. The van der Waals surface area contributed by atoms with Gasteiger partial charge >= 0.3 is 40.0 Å². The van der Waals surface area contributed by atoms with Gasteiger partial charge in [0.15, 0.2) is 0 Å². The van der Waals surface area contributed by atoms with Crippen molar-refractivity contribution < 1.29 is 18.6 Å². The summed E-state index contributed by atoms with van der Waals surface area (Å²) in [6.45, 7) is 0. The quantitative estimate of drug-likeness (QED) is 0.127. The second-order valence-corrected chi connectivity index (χ2v) is 18.6. The molecule has 0 spiro atoms. The third-order valence-corrected chi connectivity index (χ3v) is 5.23. The molecule has 2 aliphatic carbocycles. The molecule has 0 bridgehead atoms. The Morgan fingerprint density at radius 2 is 0.967 bits per heavy atom. The van der Waals surface area contributed by atoms with E-state index in [1.54, 1.807) is 0 Å². The van der Waals surface area contributed by atoms with Crippen LogP contribution in [0.3, 0.4) is 0 Å². The van der Waals surface area contributed by atoms with Crippen LogP contribution in [0.25, 0.3) is 22.3 Å². The molecule has 0 radical (unpaired) electrons. The molecular weight excluding hydrogens is 574 g/mol. The maximum absolute atomic E-state index is 5.14. The van der Waals surface area contributed by atoms with Gasteiger partial charge in [-0.3, -0.25) is 0 Å². The van der Waals surface area contributed by atoms with Gasteiger partial charge in [0.2, 0.25) is 0 Å². The van der Waals surface area contributed by atoms with Crippen LogP contribution in [0.15, 0.2) is 84.9 Å². The van der Waals surface area contributed by atoms with Crippen LogP contribution in [0, 0.1) is 12.1 Å². The van der Waals surface area contributed by atoms with Crippen LogP contribution in [0.1, 0.15) is 22.3 Å². The molecule has 0 heterocycles. The van der Waals surface area contributed by atoms with E-state index in [1.807, 2.05) is 12.1 Å². The van der Waals surface area contributed by atoms with E-state index >= 15 is 0 Å². The van der Waals surface area contributed by atoms with Gasteiger partial charge in [0, 0.05) is 0 Å². The first-order chi connectivity index (χ1) is 14.6. The number of benzene rings is 4. The monoisotopic (exact) mass is 594 g/mol. The first-order valence-electron chi connectivity index (χ1n) is 9.79. The molecule has 2 aliphatic rings. The van der Waals surface area contributed by atoms with Crippen LogP contribution >= 0.6 is 17.2 Å². The maximum Gasteiger partial charge on any atom is -0.0253 e. The molecule has 0 saturated carbocycles. The molecule has 3 heteroatoms.